The number of aryl methyl sites for hydroxylation is 1. The van der Waals surface area contributed by atoms with Crippen LogP contribution in [0.25, 0.3) is 0 Å². The van der Waals surface area contributed by atoms with E-state index in [2.05, 4.69) is 5.32 Å². The fourth-order valence-corrected chi connectivity index (χ4v) is 2.91. The number of likely N-dealkylation sites (N-methyl/N-ethyl adjacent to an activating group) is 1. The van der Waals surface area contributed by atoms with Crippen molar-refractivity contribution in [1.82, 2.24) is 10.2 Å². The molecule has 6 heteroatoms. The van der Waals surface area contributed by atoms with Crippen molar-refractivity contribution in [1.29, 1.82) is 0 Å². The molecule has 1 atom stereocenters. The van der Waals surface area contributed by atoms with Gasteiger partial charge in [0, 0.05) is 24.7 Å². The van der Waals surface area contributed by atoms with Crippen LogP contribution < -0.4 is 14.8 Å². The SMILES string of the molecule is COc1cc(C)c(CN(C)C(=O)CN[C@@H](C)c2ccc(Cl)cc2)cc1OC. The molecule has 0 radical (unpaired) electrons. The highest BCUT2D eigenvalue weighted by Gasteiger charge is 2.15. The number of benzene rings is 2. The number of carbonyl (C=O) groups excluding carboxylic acids is 1. The summed E-state index contributed by atoms with van der Waals surface area (Å²) in [6.07, 6.45) is 0. The number of nitrogens with zero attached hydrogens (tertiary/aromatic N) is 1. The van der Waals surface area contributed by atoms with Gasteiger partial charge in [-0.1, -0.05) is 23.7 Å². The van der Waals surface area contributed by atoms with Crippen LogP contribution in [0, 0.1) is 6.92 Å². The van der Waals surface area contributed by atoms with E-state index in [-0.39, 0.29) is 18.5 Å². The van der Waals surface area contributed by atoms with Gasteiger partial charge in [0.15, 0.2) is 11.5 Å². The zero-order valence-corrected chi connectivity index (χ0v) is 17.3. The van der Waals surface area contributed by atoms with Crippen LogP contribution in [0.5, 0.6) is 11.5 Å². The highest BCUT2D eigenvalue weighted by Crippen LogP contribution is 2.30. The predicted molar refractivity (Wildman–Crippen MR) is 109 cm³/mol. The lowest BCUT2D eigenvalue weighted by Gasteiger charge is -2.21. The molecule has 2 aromatic rings. The Kier molecular flexibility index (Phi) is 7.51. The van der Waals surface area contributed by atoms with Gasteiger partial charge >= 0.3 is 0 Å². The first-order valence-corrected chi connectivity index (χ1v) is 9.17. The Hall–Kier alpha value is -2.24. The summed E-state index contributed by atoms with van der Waals surface area (Å²) in [6, 6.07) is 11.5. The minimum Gasteiger partial charge on any atom is -0.493 e. The van der Waals surface area contributed by atoms with Crippen molar-refractivity contribution in [3.8, 4) is 11.5 Å². The molecule has 27 heavy (non-hydrogen) atoms. The molecule has 146 valence electrons. The molecule has 0 fully saturated rings. The van der Waals surface area contributed by atoms with Crippen molar-refractivity contribution >= 4 is 17.5 Å². The van der Waals surface area contributed by atoms with Crippen molar-refractivity contribution in [3.63, 3.8) is 0 Å². The Morgan fingerprint density at radius 2 is 1.74 bits per heavy atom. The van der Waals surface area contributed by atoms with Crippen LogP contribution in [-0.2, 0) is 11.3 Å². The maximum absolute atomic E-state index is 12.5. The fraction of sp³-hybridized carbons (Fsp3) is 0.381. The number of methoxy groups -OCH3 is 2. The van der Waals surface area contributed by atoms with E-state index in [9.17, 15) is 4.79 Å². The first-order chi connectivity index (χ1) is 12.8. The van der Waals surface area contributed by atoms with Crippen molar-refractivity contribution in [3.05, 3.63) is 58.1 Å². The molecule has 0 unspecified atom stereocenters. The summed E-state index contributed by atoms with van der Waals surface area (Å²) in [5, 5.41) is 3.96. The molecule has 0 aliphatic carbocycles. The number of hydrogen-bond acceptors (Lipinski definition) is 4. The van der Waals surface area contributed by atoms with Gasteiger partial charge in [0.25, 0.3) is 0 Å². The Balaban J connectivity index is 1.96. The zero-order chi connectivity index (χ0) is 20.0. The highest BCUT2D eigenvalue weighted by molar-refractivity contribution is 6.30. The largest absolute Gasteiger partial charge is 0.493 e. The number of nitrogens with one attached hydrogen (secondary N) is 1. The summed E-state index contributed by atoms with van der Waals surface area (Å²) < 4.78 is 10.7. The quantitative estimate of drug-likeness (QED) is 0.740. The Bertz CT molecular complexity index is 778. The summed E-state index contributed by atoms with van der Waals surface area (Å²) in [7, 11) is 5.02. The van der Waals surface area contributed by atoms with E-state index in [1.54, 1.807) is 26.2 Å². The molecule has 0 heterocycles. The molecule has 0 saturated heterocycles. The van der Waals surface area contributed by atoms with Crippen LogP contribution >= 0.6 is 11.6 Å². The summed E-state index contributed by atoms with van der Waals surface area (Å²) in [5.41, 5.74) is 3.16. The second-order valence-electron chi connectivity index (χ2n) is 6.54. The van der Waals surface area contributed by atoms with Gasteiger partial charge in [-0.2, -0.15) is 0 Å². The van der Waals surface area contributed by atoms with Crippen molar-refractivity contribution in [2.24, 2.45) is 0 Å². The second kappa shape index (κ2) is 9.62. The third-order valence-corrected chi connectivity index (χ3v) is 4.86. The van der Waals surface area contributed by atoms with Crippen molar-refractivity contribution in [2.45, 2.75) is 26.4 Å². The van der Waals surface area contributed by atoms with Crippen LogP contribution in [0.3, 0.4) is 0 Å². The molecule has 0 spiro atoms. The van der Waals surface area contributed by atoms with E-state index in [0.29, 0.717) is 23.1 Å². The van der Waals surface area contributed by atoms with Crippen molar-refractivity contribution in [2.75, 3.05) is 27.8 Å². The van der Waals surface area contributed by atoms with E-state index >= 15 is 0 Å². The number of halogens is 1. The van der Waals surface area contributed by atoms with Gasteiger partial charge in [-0.3, -0.25) is 4.79 Å². The summed E-state index contributed by atoms with van der Waals surface area (Å²) in [5.74, 6) is 1.37. The zero-order valence-electron chi connectivity index (χ0n) is 16.5. The number of rotatable bonds is 8. The van der Waals surface area contributed by atoms with Crippen LogP contribution in [0.1, 0.15) is 29.7 Å². The number of ether oxygens (including phenoxy) is 2. The predicted octanol–water partition coefficient (Wildman–Crippen LogP) is 3.97. The van der Waals surface area contributed by atoms with Gasteiger partial charge in [0.2, 0.25) is 5.91 Å². The van der Waals surface area contributed by atoms with Crippen LogP contribution in [0.4, 0.5) is 0 Å². The summed E-state index contributed by atoms with van der Waals surface area (Å²) in [4.78, 5) is 14.2. The first-order valence-electron chi connectivity index (χ1n) is 8.80. The lowest BCUT2D eigenvalue weighted by atomic mass is 10.1. The van der Waals surface area contributed by atoms with Gasteiger partial charge in [0.05, 0.1) is 20.8 Å². The maximum Gasteiger partial charge on any atom is 0.236 e. The molecule has 0 aromatic heterocycles. The minimum atomic E-state index is 0.0185. The highest BCUT2D eigenvalue weighted by atomic mass is 35.5. The van der Waals surface area contributed by atoms with Gasteiger partial charge in [-0.15, -0.1) is 0 Å². The van der Waals surface area contributed by atoms with E-state index in [1.165, 1.54) is 0 Å². The molecule has 5 nitrogen and oxygen atoms in total. The molecule has 0 aliphatic heterocycles. The van der Waals surface area contributed by atoms with Gasteiger partial charge in [0.1, 0.15) is 0 Å². The summed E-state index contributed by atoms with van der Waals surface area (Å²) >= 11 is 5.92. The van der Waals surface area contributed by atoms with Crippen LogP contribution in [0.2, 0.25) is 5.02 Å². The van der Waals surface area contributed by atoms with E-state index in [4.69, 9.17) is 21.1 Å². The average Bonchev–Trinajstić information content (AvgIpc) is 2.67. The number of amides is 1. The Labute approximate surface area is 166 Å². The Morgan fingerprint density at radius 1 is 1.15 bits per heavy atom. The van der Waals surface area contributed by atoms with E-state index in [1.807, 2.05) is 50.2 Å². The smallest absolute Gasteiger partial charge is 0.236 e. The average molecular weight is 391 g/mol. The molecular weight excluding hydrogens is 364 g/mol. The van der Waals surface area contributed by atoms with Crippen LogP contribution in [-0.4, -0.2) is 38.6 Å². The third kappa shape index (κ3) is 5.62. The van der Waals surface area contributed by atoms with Gasteiger partial charge < -0.3 is 19.7 Å². The van der Waals surface area contributed by atoms with Gasteiger partial charge in [-0.25, -0.2) is 0 Å². The molecule has 0 saturated carbocycles. The maximum atomic E-state index is 12.5. The van der Waals surface area contributed by atoms with Gasteiger partial charge in [-0.05, 0) is 54.8 Å². The standard InChI is InChI=1S/C21H27ClN2O3/c1-14-10-19(26-4)20(27-5)11-17(14)13-24(3)21(25)12-23-15(2)16-6-8-18(22)9-7-16/h6-11,15,23H,12-13H2,1-5H3/t15-/m0/s1. The molecule has 1 amide bonds. The molecule has 0 aliphatic rings. The van der Waals surface area contributed by atoms with Crippen molar-refractivity contribution < 1.29 is 14.3 Å². The monoisotopic (exact) mass is 390 g/mol. The number of carbonyl (C=O) groups is 1. The fourth-order valence-electron chi connectivity index (χ4n) is 2.78. The Morgan fingerprint density at radius 3 is 2.33 bits per heavy atom. The molecule has 2 aromatic carbocycles. The third-order valence-electron chi connectivity index (χ3n) is 4.60. The van der Waals surface area contributed by atoms with E-state index in [0.717, 1.165) is 16.7 Å². The first kappa shape index (κ1) is 21.1. The lowest BCUT2D eigenvalue weighted by molar-refractivity contribution is -0.129. The number of hydrogen-bond donors (Lipinski definition) is 1. The topological polar surface area (TPSA) is 50.8 Å². The summed E-state index contributed by atoms with van der Waals surface area (Å²) in [6.45, 7) is 4.78. The molecular formula is C21H27ClN2O3. The minimum absolute atomic E-state index is 0.0185. The van der Waals surface area contributed by atoms with E-state index < -0.39 is 0 Å². The molecule has 0 bridgehead atoms. The lowest BCUT2D eigenvalue weighted by Crippen LogP contribution is -2.36. The molecule has 1 N–H and O–H groups in total. The second-order valence-corrected chi connectivity index (χ2v) is 6.97. The normalized spacial score (nSPS) is 11.8. The van der Waals surface area contributed by atoms with Crippen LogP contribution in [0.15, 0.2) is 36.4 Å². The molecule has 2 rings (SSSR count).